The van der Waals surface area contributed by atoms with E-state index in [2.05, 4.69) is 11.1 Å². The lowest BCUT2D eigenvalue weighted by Crippen LogP contribution is -2.01. The van der Waals surface area contributed by atoms with Crippen LogP contribution < -0.4 is 0 Å². The zero-order valence-corrected chi connectivity index (χ0v) is 9.44. The molecule has 1 aromatic carbocycles. The highest BCUT2D eigenvalue weighted by atomic mass is 16.1. The molecule has 82 valence electrons. The summed E-state index contributed by atoms with van der Waals surface area (Å²) in [5.41, 5.74) is 1.09. The van der Waals surface area contributed by atoms with Gasteiger partial charge in [-0.1, -0.05) is 25.1 Å². The average Bonchev–Trinajstić information content (AvgIpc) is 2.29. The lowest BCUT2D eigenvalue weighted by atomic mass is 10.0. The Labute approximate surface area is 95.3 Å². The Morgan fingerprint density at radius 1 is 1.25 bits per heavy atom. The van der Waals surface area contributed by atoms with Crippen LogP contribution in [0.15, 0.2) is 36.7 Å². The standard InChI is InChI=1S/C14H15NO/c1-2-3-14(16)9-11-4-5-13-10-15-7-6-12(13)8-11/h4-8,10H,2-3,9H2,1H3. The zero-order chi connectivity index (χ0) is 11.4. The fourth-order valence-electron chi connectivity index (χ4n) is 1.84. The first-order valence-corrected chi connectivity index (χ1v) is 5.64. The van der Waals surface area contributed by atoms with Gasteiger partial charge in [-0.25, -0.2) is 0 Å². The predicted octanol–water partition coefficient (Wildman–Crippen LogP) is 3.15. The molecule has 0 saturated carbocycles. The molecule has 2 rings (SSSR count). The topological polar surface area (TPSA) is 30.0 Å². The molecule has 0 fully saturated rings. The molecule has 0 unspecified atom stereocenters. The Balaban J connectivity index is 2.22. The number of benzene rings is 1. The van der Waals surface area contributed by atoms with E-state index in [1.54, 1.807) is 6.20 Å². The Morgan fingerprint density at radius 2 is 2.12 bits per heavy atom. The van der Waals surface area contributed by atoms with Crippen LogP contribution in [-0.4, -0.2) is 10.8 Å². The molecule has 0 bridgehead atoms. The van der Waals surface area contributed by atoms with Gasteiger partial charge in [0.2, 0.25) is 0 Å². The third-order valence-corrected chi connectivity index (χ3v) is 2.64. The molecule has 0 aliphatic carbocycles. The minimum atomic E-state index is 0.316. The second-order valence-corrected chi connectivity index (χ2v) is 4.02. The first-order chi connectivity index (χ1) is 7.79. The number of nitrogens with zero attached hydrogens (tertiary/aromatic N) is 1. The summed E-state index contributed by atoms with van der Waals surface area (Å²) < 4.78 is 0. The molecule has 1 heterocycles. The maximum Gasteiger partial charge on any atom is 0.137 e. The molecule has 2 heteroatoms. The van der Waals surface area contributed by atoms with Gasteiger partial charge < -0.3 is 0 Å². The molecule has 2 nitrogen and oxygen atoms in total. The summed E-state index contributed by atoms with van der Waals surface area (Å²) in [6.07, 6.45) is 5.77. The summed E-state index contributed by atoms with van der Waals surface area (Å²) >= 11 is 0. The monoisotopic (exact) mass is 213 g/mol. The van der Waals surface area contributed by atoms with Crippen molar-refractivity contribution in [2.75, 3.05) is 0 Å². The molecular formula is C14H15NO. The van der Waals surface area contributed by atoms with E-state index < -0.39 is 0 Å². The molecule has 0 saturated heterocycles. The highest BCUT2D eigenvalue weighted by Gasteiger charge is 2.03. The van der Waals surface area contributed by atoms with Crippen LogP contribution in [-0.2, 0) is 11.2 Å². The Hall–Kier alpha value is -1.70. The number of hydrogen-bond acceptors (Lipinski definition) is 2. The fraction of sp³-hybridized carbons (Fsp3) is 0.286. The van der Waals surface area contributed by atoms with Crippen molar-refractivity contribution in [1.82, 2.24) is 4.98 Å². The molecule has 0 amide bonds. The molecule has 1 aromatic heterocycles. The second kappa shape index (κ2) is 4.88. The van der Waals surface area contributed by atoms with Gasteiger partial charge in [0.25, 0.3) is 0 Å². The highest BCUT2D eigenvalue weighted by molar-refractivity contribution is 5.85. The molecular weight excluding hydrogens is 198 g/mol. The number of rotatable bonds is 4. The van der Waals surface area contributed by atoms with Crippen molar-refractivity contribution in [1.29, 1.82) is 0 Å². The first-order valence-electron chi connectivity index (χ1n) is 5.64. The number of Topliss-reactive ketones (excluding diaryl/α,β-unsaturated/α-hetero) is 1. The summed E-state index contributed by atoms with van der Waals surface area (Å²) in [7, 11) is 0. The second-order valence-electron chi connectivity index (χ2n) is 4.02. The van der Waals surface area contributed by atoms with Crippen molar-refractivity contribution in [2.45, 2.75) is 26.2 Å². The summed E-state index contributed by atoms with van der Waals surface area (Å²) in [6, 6.07) is 8.09. The van der Waals surface area contributed by atoms with Gasteiger partial charge in [-0.05, 0) is 23.4 Å². The van der Waals surface area contributed by atoms with E-state index in [1.165, 1.54) is 0 Å². The highest BCUT2D eigenvalue weighted by Crippen LogP contribution is 2.15. The van der Waals surface area contributed by atoms with Gasteiger partial charge in [0, 0.05) is 30.6 Å². The van der Waals surface area contributed by atoms with Gasteiger partial charge in [0.1, 0.15) is 5.78 Å². The van der Waals surface area contributed by atoms with Crippen LogP contribution in [0.4, 0.5) is 0 Å². The maximum atomic E-state index is 11.5. The van der Waals surface area contributed by atoms with E-state index in [0.29, 0.717) is 18.6 Å². The van der Waals surface area contributed by atoms with E-state index >= 15 is 0 Å². The van der Waals surface area contributed by atoms with Crippen molar-refractivity contribution in [3.05, 3.63) is 42.2 Å². The Bertz CT molecular complexity index is 505. The average molecular weight is 213 g/mol. The van der Waals surface area contributed by atoms with Gasteiger partial charge in [-0.15, -0.1) is 0 Å². The molecule has 0 spiro atoms. The number of pyridine rings is 1. The number of aromatic nitrogens is 1. The SMILES string of the molecule is CCCC(=O)Cc1ccc2cnccc2c1. The largest absolute Gasteiger partial charge is 0.299 e. The van der Waals surface area contributed by atoms with Gasteiger partial charge in [0.15, 0.2) is 0 Å². The quantitative estimate of drug-likeness (QED) is 0.781. The third kappa shape index (κ3) is 2.45. The summed E-state index contributed by atoms with van der Waals surface area (Å²) in [4.78, 5) is 15.6. The first kappa shape index (κ1) is 10.8. The molecule has 16 heavy (non-hydrogen) atoms. The summed E-state index contributed by atoms with van der Waals surface area (Å²) in [5, 5.41) is 2.27. The van der Waals surface area contributed by atoms with E-state index in [-0.39, 0.29) is 0 Å². The van der Waals surface area contributed by atoms with Crippen molar-refractivity contribution in [2.24, 2.45) is 0 Å². The Kier molecular flexibility index (Phi) is 3.30. The molecule has 0 atom stereocenters. The molecule has 0 aliphatic heterocycles. The van der Waals surface area contributed by atoms with Gasteiger partial charge in [-0.2, -0.15) is 0 Å². The van der Waals surface area contributed by atoms with Gasteiger partial charge in [-0.3, -0.25) is 9.78 Å². The van der Waals surface area contributed by atoms with Crippen LogP contribution in [0.25, 0.3) is 10.8 Å². The van der Waals surface area contributed by atoms with Gasteiger partial charge in [0.05, 0.1) is 0 Å². The minimum Gasteiger partial charge on any atom is -0.299 e. The van der Waals surface area contributed by atoms with Crippen LogP contribution in [0.3, 0.4) is 0 Å². The molecule has 0 radical (unpaired) electrons. The number of carbonyl (C=O) groups is 1. The Morgan fingerprint density at radius 3 is 2.94 bits per heavy atom. The van der Waals surface area contributed by atoms with Crippen molar-refractivity contribution < 1.29 is 4.79 Å². The number of hydrogen-bond donors (Lipinski definition) is 0. The lowest BCUT2D eigenvalue weighted by molar-refractivity contribution is -0.118. The van der Waals surface area contributed by atoms with Crippen molar-refractivity contribution in [3.63, 3.8) is 0 Å². The predicted molar refractivity (Wildman–Crippen MR) is 65.4 cm³/mol. The molecule has 0 aliphatic rings. The van der Waals surface area contributed by atoms with E-state index in [0.717, 1.165) is 22.8 Å². The van der Waals surface area contributed by atoms with Crippen molar-refractivity contribution in [3.8, 4) is 0 Å². The minimum absolute atomic E-state index is 0.316. The summed E-state index contributed by atoms with van der Waals surface area (Å²) in [6.45, 7) is 2.03. The van der Waals surface area contributed by atoms with Crippen LogP contribution in [0.1, 0.15) is 25.3 Å². The van der Waals surface area contributed by atoms with Crippen molar-refractivity contribution >= 4 is 16.6 Å². The van der Waals surface area contributed by atoms with Crippen LogP contribution >= 0.6 is 0 Å². The fourth-order valence-corrected chi connectivity index (χ4v) is 1.84. The van der Waals surface area contributed by atoms with Crippen LogP contribution in [0.5, 0.6) is 0 Å². The molecule has 0 N–H and O–H groups in total. The van der Waals surface area contributed by atoms with Crippen LogP contribution in [0, 0.1) is 0 Å². The normalized spacial score (nSPS) is 10.6. The smallest absolute Gasteiger partial charge is 0.137 e. The van der Waals surface area contributed by atoms with E-state index in [4.69, 9.17) is 0 Å². The summed E-state index contributed by atoms with van der Waals surface area (Å²) in [5.74, 6) is 0.316. The zero-order valence-electron chi connectivity index (χ0n) is 9.44. The number of carbonyl (C=O) groups excluding carboxylic acids is 1. The lowest BCUT2D eigenvalue weighted by Gasteiger charge is -2.02. The maximum absolute atomic E-state index is 11.5. The van der Waals surface area contributed by atoms with Crippen LogP contribution in [0.2, 0.25) is 0 Å². The van der Waals surface area contributed by atoms with Gasteiger partial charge >= 0.3 is 0 Å². The van der Waals surface area contributed by atoms with E-state index in [1.807, 2.05) is 31.3 Å². The third-order valence-electron chi connectivity index (χ3n) is 2.64. The number of fused-ring (bicyclic) bond motifs is 1. The number of ketones is 1. The van der Waals surface area contributed by atoms with E-state index in [9.17, 15) is 4.79 Å². The molecule has 2 aromatic rings.